The first-order chi connectivity index (χ1) is 8.60. The van der Waals surface area contributed by atoms with Crippen LogP contribution < -0.4 is 4.74 Å². The van der Waals surface area contributed by atoms with Gasteiger partial charge in [-0.05, 0) is 25.1 Å². The number of aromatic nitrogens is 1. The van der Waals surface area contributed by atoms with E-state index in [0.29, 0.717) is 22.3 Å². The quantitative estimate of drug-likeness (QED) is 0.865. The Kier molecular flexibility index (Phi) is 4.19. The van der Waals surface area contributed by atoms with Crippen molar-refractivity contribution in [2.75, 3.05) is 7.11 Å². The molecule has 2 rings (SSSR count). The molecule has 0 aliphatic heterocycles. The van der Waals surface area contributed by atoms with Crippen LogP contribution in [-0.4, -0.2) is 16.3 Å². The molecule has 1 heterocycles. The summed E-state index contributed by atoms with van der Waals surface area (Å²) in [5, 5.41) is 0. The first kappa shape index (κ1) is 13.3. The smallest absolute Gasteiger partial charge is 0.207 e. The van der Waals surface area contributed by atoms with Gasteiger partial charge >= 0.3 is 0 Å². The standard InChI is InChI=1S/C12H12BrNO3S/c1-8-6-14-12(17-8)7-18(15)11-5-9(13)3-4-10(11)16-2/h3-6H,7H2,1-2H3. The number of ether oxygens (including phenoxy) is 1. The van der Waals surface area contributed by atoms with Crippen LogP contribution in [0.2, 0.25) is 0 Å². The number of halogens is 1. The number of nitrogens with zero attached hydrogens (tertiary/aromatic N) is 1. The molecule has 1 aromatic carbocycles. The van der Waals surface area contributed by atoms with Crippen LogP contribution in [0.25, 0.3) is 0 Å². The van der Waals surface area contributed by atoms with E-state index in [1.165, 1.54) is 0 Å². The molecule has 0 saturated heterocycles. The van der Waals surface area contributed by atoms with Gasteiger partial charge < -0.3 is 9.15 Å². The molecule has 0 N–H and O–H groups in total. The van der Waals surface area contributed by atoms with Gasteiger partial charge in [0.05, 0.1) is 29.0 Å². The van der Waals surface area contributed by atoms with Crippen molar-refractivity contribution in [2.24, 2.45) is 0 Å². The molecule has 0 amide bonds. The second-order valence-corrected chi connectivity index (χ2v) is 5.98. The fraction of sp³-hybridized carbons (Fsp3) is 0.250. The molecule has 0 aliphatic carbocycles. The Hall–Kier alpha value is -1.14. The summed E-state index contributed by atoms with van der Waals surface area (Å²) < 4.78 is 23.6. The van der Waals surface area contributed by atoms with Crippen molar-refractivity contribution in [2.45, 2.75) is 17.6 Å². The van der Waals surface area contributed by atoms with Gasteiger partial charge in [-0.1, -0.05) is 15.9 Å². The Bertz CT molecular complexity index is 582. The van der Waals surface area contributed by atoms with Gasteiger partial charge in [0.15, 0.2) is 0 Å². The summed E-state index contributed by atoms with van der Waals surface area (Å²) in [7, 11) is 0.301. The van der Waals surface area contributed by atoms with E-state index in [-0.39, 0.29) is 5.75 Å². The molecule has 96 valence electrons. The topological polar surface area (TPSA) is 52.3 Å². The molecular formula is C12H12BrNO3S. The van der Waals surface area contributed by atoms with Crippen LogP contribution in [0, 0.1) is 6.92 Å². The number of hydrogen-bond donors (Lipinski definition) is 0. The maximum absolute atomic E-state index is 12.3. The minimum absolute atomic E-state index is 0.237. The summed E-state index contributed by atoms with van der Waals surface area (Å²) in [6.07, 6.45) is 1.62. The molecule has 0 radical (unpaired) electrons. The Morgan fingerprint density at radius 3 is 2.89 bits per heavy atom. The van der Waals surface area contributed by atoms with E-state index in [0.717, 1.165) is 4.47 Å². The highest BCUT2D eigenvalue weighted by molar-refractivity contribution is 9.10. The van der Waals surface area contributed by atoms with Gasteiger partial charge in [-0.25, -0.2) is 4.98 Å². The van der Waals surface area contributed by atoms with Crippen molar-refractivity contribution < 1.29 is 13.4 Å². The van der Waals surface area contributed by atoms with E-state index in [9.17, 15) is 4.21 Å². The molecule has 4 nitrogen and oxygen atoms in total. The lowest BCUT2D eigenvalue weighted by Gasteiger charge is -2.07. The molecule has 1 unspecified atom stereocenters. The van der Waals surface area contributed by atoms with Crippen molar-refractivity contribution in [3.63, 3.8) is 0 Å². The predicted molar refractivity (Wildman–Crippen MR) is 72.0 cm³/mol. The Balaban J connectivity index is 2.25. The van der Waals surface area contributed by atoms with Gasteiger partial charge in [0.1, 0.15) is 17.3 Å². The third-order valence-corrected chi connectivity index (χ3v) is 4.11. The van der Waals surface area contributed by atoms with Gasteiger partial charge in [0.25, 0.3) is 0 Å². The summed E-state index contributed by atoms with van der Waals surface area (Å²) in [6.45, 7) is 1.80. The van der Waals surface area contributed by atoms with E-state index < -0.39 is 10.8 Å². The van der Waals surface area contributed by atoms with Crippen molar-refractivity contribution in [1.29, 1.82) is 0 Å². The zero-order valence-electron chi connectivity index (χ0n) is 9.97. The van der Waals surface area contributed by atoms with Crippen molar-refractivity contribution >= 4 is 26.7 Å². The van der Waals surface area contributed by atoms with E-state index in [1.54, 1.807) is 32.4 Å². The van der Waals surface area contributed by atoms with Crippen LogP contribution in [-0.2, 0) is 16.6 Å². The average molecular weight is 330 g/mol. The molecule has 6 heteroatoms. The molecular weight excluding hydrogens is 318 g/mol. The van der Waals surface area contributed by atoms with Crippen molar-refractivity contribution in [3.05, 3.63) is 40.5 Å². The molecule has 0 aliphatic rings. The van der Waals surface area contributed by atoms with Crippen LogP contribution in [0.4, 0.5) is 0 Å². The molecule has 1 atom stereocenters. The highest BCUT2D eigenvalue weighted by Gasteiger charge is 2.14. The predicted octanol–water partition coefficient (Wildman–Crippen LogP) is 3.06. The van der Waals surface area contributed by atoms with E-state index in [4.69, 9.17) is 9.15 Å². The number of hydrogen-bond acceptors (Lipinski definition) is 4. The van der Waals surface area contributed by atoms with Crippen LogP contribution in [0.15, 0.2) is 38.2 Å². The van der Waals surface area contributed by atoms with E-state index in [2.05, 4.69) is 20.9 Å². The van der Waals surface area contributed by atoms with Gasteiger partial charge in [0.2, 0.25) is 5.89 Å². The monoisotopic (exact) mass is 329 g/mol. The number of methoxy groups -OCH3 is 1. The van der Waals surface area contributed by atoms with Crippen LogP contribution in [0.1, 0.15) is 11.7 Å². The van der Waals surface area contributed by atoms with Gasteiger partial charge in [-0.15, -0.1) is 0 Å². The first-order valence-corrected chi connectivity index (χ1v) is 7.34. The summed E-state index contributed by atoms with van der Waals surface area (Å²) in [6, 6.07) is 5.40. The maximum Gasteiger partial charge on any atom is 0.207 e. The largest absolute Gasteiger partial charge is 0.495 e. The molecule has 0 saturated carbocycles. The first-order valence-electron chi connectivity index (χ1n) is 5.23. The lowest BCUT2D eigenvalue weighted by Crippen LogP contribution is -1.99. The second kappa shape index (κ2) is 5.67. The molecule has 0 spiro atoms. The van der Waals surface area contributed by atoms with E-state index in [1.807, 2.05) is 6.07 Å². The Labute approximate surface area is 116 Å². The highest BCUT2D eigenvalue weighted by Crippen LogP contribution is 2.27. The lowest BCUT2D eigenvalue weighted by atomic mass is 10.3. The minimum Gasteiger partial charge on any atom is -0.495 e. The summed E-state index contributed by atoms with van der Waals surface area (Å²) in [5.41, 5.74) is 0. The Morgan fingerprint density at radius 2 is 2.28 bits per heavy atom. The van der Waals surface area contributed by atoms with Crippen LogP contribution in [0.3, 0.4) is 0 Å². The van der Waals surface area contributed by atoms with Gasteiger partial charge in [-0.2, -0.15) is 0 Å². The van der Waals surface area contributed by atoms with Crippen molar-refractivity contribution in [1.82, 2.24) is 4.98 Å². The summed E-state index contributed by atoms with van der Waals surface area (Å²) >= 11 is 3.35. The fourth-order valence-corrected chi connectivity index (χ4v) is 3.15. The molecule has 2 aromatic rings. The fourth-order valence-electron chi connectivity index (χ4n) is 1.49. The highest BCUT2D eigenvalue weighted by atomic mass is 79.9. The zero-order valence-corrected chi connectivity index (χ0v) is 12.4. The maximum atomic E-state index is 12.3. The molecule has 1 aromatic heterocycles. The van der Waals surface area contributed by atoms with Gasteiger partial charge in [0, 0.05) is 4.47 Å². The van der Waals surface area contributed by atoms with Crippen LogP contribution >= 0.6 is 15.9 Å². The second-order valence-electron chi connectivity index (χ2n) is 3.65. The number of oxazole rings is 1. The molecule has 18 heavy (non-hydrogen) atoms. The van der Waals surface area contributed by atoms with Gasteiger partial charge in [-0.3, -0.25) is 4.21 Å². The average Bonchev–Trinajstić information content (AvgIpc) is 2.74. The number of benzene rings is 1. The minimum atomic E-state index is -1.25. The third-order valence-electron chi connectivity index (χ3n) is 2.29. The normalized spacial score (nSPS) is 12.4. The van der Waals surface area contributed by atoms with Crippen LogP contribution in [0.5, 0.6) is 5.75 Å². The molecule has 0 fully saturated rings. The molecule has 0 bridgehead atoms. The summed E-state index contributed by atoms with van der Waals surface area (Å²) in [5.74, 6) is 2.01. The third kappa shape index (κ3) is 3.00. The SMILES string of the molecule is COc1ccc(Br)cc1S(=O)Cc1ncc(C)o1. The zero-order chi connectivity index (χ0) is 13.1. The van der Waals surface area contributed by atoms with E-state index >= 15 is 0 Å². The Morgan fingerprint density at radius 1 is 1.50 bits per heavy atom. The number of rotatable bonds is 4. The summed E-state index contributed by atoms with van der Waals surface area (Å²) in [4.78, 5) is 4.67. The lowest BCUT2D eigenvalue weighted by molar-refractivity contribution is 0.403. The van der Waals surface area contributed by atoms with Crippen molar-refractivity contribution in [3.8, 4) is 5.75 Å². The number of aryl methyl sites for hydroxylation is 1.